The van der Waals surface area contributed by atoms with Gasteiger partial charge in [-0.05, 0) is 36.6 Å². The van der Waals surface area contributed by atoms with Crippen LogP contribution in [0.15, 0.2) is 47.4 Å². The second kappa shape index (κ2) is 8.78. The number of benzene rings is 1. The monoisotopic (exact) mass is 355 g/mol. The second-order valence-electron chi connectivity index (χ2n) is 6.50. The van der Waals surface area contributed by atoms with E-state index in [0.717, 1.165) is 30.6 Å². The van der Waals surface area contributed by atoms with Crippen LogP contribution in [0.1, 0.15) is 27.9 Å². The van der Waals surface area contributed by atoms with Crippen molar-refractivity contribution in [1.29, 1.82) is 0 Å². The molecule has 1 fully saturated rings. The largest absolute Gasteiger partial charge is 0.377 e. The van der Waals surface area contributed by atoms with Crippen molar-refractivity contribution in [1.82, 2.24) is 15.2 Å². The minimum Gasteiger partial charge on any atom is -0.377 e. The van der Waals surface area contributed by atoms with E-state index in [1.165, 1.54) is 7.05 Å². The predicted molar refractivity (Wildman–Crippen MR) is 101 cm³/mol. The summed E-state index contributed by atoms with van der Waals surface area (Å²) in [4.78, 5) is 24.8. The summed E-state index contributed by atoms with van der Waals surface area (Å²) >= 11 is 0. The van der Waals surface area contributed by atoms with Crippen LogP contribution >= 0.6 is 0 Å². The van der Waals surface area contributed by atoms with Crippen molar-refractivity contribution in [2.24, 2.45) is 0 Å². The van der Waals surface area contributed by atoms with Gasteiger partial charge in [-0.25, -0.2) is 0 Å². The number of nitrogens with one attached hydrogen (secondary N) is 2. The number of carbonyl (C=O) groups excluding carboxylic acids is 1. The topological polar surface area (TPSA) is 72.4 Å². The smallest absolute Gasteiger partial charge is 0.263 e. The number of pyridine rings is 1. The van der Waals surface area contributed by atoms with Gasteiger partial charge in [-0.3, -0.25) is 9.59 Å². The van der Waals surface area contributed by atoms with Gasteiger partial charge in [0.1, 0.15) is 5.56 Å². The molecule has 1 amide bonds. The number of carbonyl (C=O) groups is 1. The zero-order chi connectivity index (χ0) is 18.4. The maximum atomic E-state index is 12.7. The Labute approximate surface area is 153 Å². The van der Waals surface area contributed by atoms with E-state index in [4.69, 9.17) is 4.74 Å². The molecule has 0 saturated carbocycles. The van der Waals surface area contributed by atoms with E-state index in [1.54, 1.807) is 10.6 Å². The molecule has 1 aliphatic rings. The van der Waals surface area contributed by atoms with Gasteiger partial charge >= 0.3 is 0 Å². The molecule has 0 aliphatic carbocycles. The third-order valence-electron chi connectivity index (χ3n) is 4.57. The molecular weight excluding hydrogens is 330 g/mol. The molecule has 1 aromatic carbocycles. The van der Waals surface area contributed by atoms with Crippen LogP contribution in [0.3, 0.4) is 0 Å². The van der Waals surface area contributed by atoms with Crippen molar-refractivity contribution >= 4 is 5.91 Å². The Bertz CT molecular complexity index is 796. The highest BCUT2D eigenvalue weighted by Crippen LogP contribution is 2.08. The molecule has 2 N–H and O–H groups in total. The molecule has 26 heavy (non-hydrogen) atoms. The zero-order valence-corrected chi connectivity index (χ0v) is 15.0. The molecule has 6 nitrogen and oxygen atoms in total. The number of rotatable bonds is 7. The lowest BCUT2D eigenvalue weighted by Gasteiger charge is -2.13. The Morgan fingerprint density at radius 3 is 2.81 bits per heavy atom. The lowest BCUT2D eigenvalue weighted by molar-refractivity contribution is 0.0693. The minimum atomic E-state index is -0.362. The van der Waals surface area contributed by atoms with Gasteiger partial charge in [-0.1, -0.05) is 30.3 Å². The highest BCUT2D eigenvalue weighted by Gasteiger charge is 2.16. The average Bonchev–Trinajstić information content (AvgIpc) is 3.18. The van der Waals surface area contributed by atoms with Crippen LogP contribution in [0.4, 0.5) is 0 Å². The summed E-state index contributed by atoms with van der Waals surface area (Å²) in [5.41, 5.74) is 1.83. The third-order valence-corrected chi connectivity index (χ3v) is 4.57. The molecule has 3 rings (SSSR count). The molecule has 138 valence electrons. The van der Waals surface area contributed by atoms with E-state index < -0.39 is 0 Å². The fourth-order valence-electron chi connectivity index (χ4n) is 3.14. The molecule has 0 radical (unpaired) electrons. The maximum absolute atomic E-state index is 12.7. The molecule has 1 unspecified atom stereocenters. The number of ether oxygens (including phenoxy) is 1. The third kappa shape index (κ3) is 4.59. The first-order valence-corrected chi connectivity index (χ1v) is 8.99. The van der Waals surface area contributed by atoms with Gasteiger partial charge in [0.15, 0.2) is 0 Å². The second-order valence-corrected chi connectivity index (χ2v) is 6.50. The summed E-state index contributed by atoms with van der Waals surface area (Å²) in [5, 5.41) is 5.82. The van der Waals surface area contributed by atoms with Crippen LogP contribution in [-0.2, 0) is 17.7 Å². The fourth-order valence-corrected chi connectivity index (χ4v) is 3.14. The van der Waals surface area contributed by atoms with E-state index in [1.807, 2.05) is 36.5 Å². The molecule has 2 aromatic rings. The molecule has 2 heterocycles. The zero-order valence-electron chi connectivity index (χ0n) is 15.0. The molecule has 0 bridgehead atoms. The Balaban J connectivity index is 1.80. The highest BCUT2D eigenvalue weighted by molar-refractivity contribution is 5.93. The number of hydrogen-bond acceptors (Lipinski definition) is 4. The van der Waals surface area contributed by atoms with E-state index in [2.05, 4.69) is 10.6 Å². The van der Waals surface area contributed by atoms with Gasteiger partial charge in [-0.15, -0.1) is 0 Å². The summed E-state index contributed by atoms with van der Waals surface area (Å²) in [7, 11) is 1.53. The molecule has 1 aromatic heterocycles. The van der Waals surface area contributed by atoms with Gasteiger partial charge in [-0.2, -0.15) is 0 Å². The summed E-state index contributed by atoms with van der Waals surface area (Å²) in [6.07, 6.45) is 3.77. The van der Waals surface area contributed by atoms with Crippen LogP contribution in [0.25, 0.3) is 0 Å². The lowest BCUT2D eigenvalue weighted by atomic mass is 10.1. The number of hydrogen-bond donors (Lipinski definition) is 2. The van der Waals surface area contributed by atoms with E-state index in [0.29, 0.717) is 19.6 Å². The normalized spacial score (nSPS) is 16.6. The van der Waals surface area contributed by atoms with Crippen LogP contribution in [-0.4, -0.2) is 43.3 Å². The van der Waals surface area contributed by atoms with Gasteiger partial charge in [0.05, 0.1) is 19.3 Å². The van der Waals surface area contributed by atoms with Gasteiger partial charge in [0.25, 0.3) is 11.5 Å². The highest BCUT2D eigenvalue weighted by atomic mass is 16.5. The predicted octanol–water partition coefficient (Wildman–Crippen LogP) is 1.18. The van der Waals surface area contributed by atoms with Crippen molar-refractivity contribution in [3.63, 3.8) is 0 Å². The Morgan fingerprint density at radius 1 is 1.31 bits per heavy atom. The number of nitrogens with zero attached hydrogens (tertiary/aromatic N) is 1. The Kier molecular flexibility index (Phi) is 6.20. The van der Waals surface area contributed by atoms with Crippen molar-refractivity contribution in [2.75, 3.05) is 26.7 Å². The van der Waals surface area contributed by atoms with Crippen LogP contribution in [0.5, 0.6) is 0 Å². The Hall–Kier alpha value is -2.44. The number of aromatic nitrogens is 1. The molecule has 1 aliphatic heterocycles. The van der Waals surface area contributed by atoms with Gasteiger partial charge < -0.3 is 19.9 Å². The van der Waals surface area contributed by atoms with Crippen LogP contribution < -0.4 is 16.2 Å². The van der Waals surface area contributed by atoms with Gasteiger partial charge in [0.2, 0.25) is 0 Å². The molecule has 1 saturated heterocycles. The maximum Gasteiger partial charge on any atom is 0.263 e. The molecule has 6 heteroatoms. The quantitative estimate of drug-likeness (QED) is 0.782. The Morgan fingerprint density at radius 2 is 2.12 bits per heavy atom. The van der Waals surface area contributed by atoms with Crippen LogP contribution in [0, 0.1) is 0 Å². The first-order chi connectivity index (χ1) is 12.7. The lowest BCUT2D eigenvalue weighted by Crippen LogP contribution is -2.32. The summed E-state index contributed by atoms with van der Waals surface area (Å²) in [6.45, 7) is 2.89. The standard InChI is InChI=1S/C20H25N3O3/c1-21-19(24)18-11-16(8-10-26-17-7-9-22-12-17)14-23(20(18)25)13-15-5-3-2-4-6-15/h2-6,11,14,17,22H,7-10,12-13H2,1H3,(H,21,24). The van der Waals surface area contributed by atoms with E-state index in [9.17, 15) is 9.59 Å². The summed E-state index contributed by atoms with van der Waals surface area (Å²) in [6, 6.07) is 11.4. The van der Waals surface area contributed by atoms with Crippen molar-refractivity contribution in [3.05, 3.63) is 69.6 Å². The summed E-state index contributed by atoms with van der Waals surface area (Å²) in [5.74, 6) is -0.362. The minimum absolute atomic E-state index is 0.170. The SMILES string of the molecule is CNC(=O)c1cc(CCOC2CCNC2)cn(Cc2ccccc2)c1=O. The molecule has 1 atom stereocenters. The van der Waals surface area contributed by atoms with Crippen molar-refractivity contribution < 1.29 is 9.53 Å². The molecular formula is C20H25N3O3. The molecule has 0 spiro atoms. The first kappa shape index (κ1) is 18.4. The van der Waals surface area contributed by atoms with Crippen molar-refractivity contribution in [2.45, 2.75) is 25.5 Å². The van der Waals surface area contributed by atoms with Gasteiger partial charge in [0, 0.05) is 19.8 Å². The fraction of sp³-hybridized carbons (Fsp3) is 0.400. The van der Waals surface area contributed by atoms with Crippen LogP contribution in [0.2, 0.25) is 0 Å². The van der Waals surface area contributed by atoms with E-state index in [-0.39, 0.29) is 23.1 Å². The first-order valence-electron chi connectivity index (χ1n) is 8.99. The number of amides is 1. The summed E-state index contributed by atoms with van der Waals surface area (Å²) < 4.78 is 7.48. The van der Waals surface area contributed by atoms with Crippen molar-refractivity contribution in [3.8, 4) is 0 Å². The average molecular weight is 355 g/mol. The van der Waals surface area contributed by atoms with E-state index >= 15 is 0 Å².